The molecule has 2 rings (SSSR count). The Hall–Kier alpha value is -1.66. The van der Waals surface area contributed by atoms with Crippen LogP contribution in [0.25, 0.3) is 0 Å². The van der Waals surface area contributed by atoms with Gasteiger partial charge in [-0.3, -0.25) is 4.79 Å². The second-order valence-corrected chi connectivity index (χ2v) is 4.99. The van der Waals surface area contributed by atoms with Gasteiger partial charge in [-0.05, 0) is 25.3 Å². The minimum atomic E-state index is 0.0163. The monoisotopic (exact) mass is 279 g/mol. The number of pyridine rings is 1. The fourth-order valence-electron chi connectivity index (χ4n) is 2.27. The maximum atomic E-state index is 12.0. The molecular formula is C14H21N3O3. The van der Waals surface area contributed by atoms with Crippen LogP contribution in [0.2, 0.25) is 0 Å². The van der Waals surface area contributed by atoms with Crippen LogP contribution in [-0.4, -0.2) is 37.3 Å². The largest absolute Gasteiger partial charge is 0.475 e. The van der Waals surface area contributed by atoms with Crippen LogP contribution in [0.15, 0.2) is 18.3 Å². The van der Waals surface area contributed by atoms with E-state index in [-0.39, 0.29) is 17.9 Å². The van der Waals surface area contributed by atoms with E-state index in [1.807, 2.05) is 0 Å². The number of anilines is 1. The van der Waals surface area contributed by atoms with Gasteiger partial charge < -0.3 is 20.5 Å². The fraction of sp³-hybridized carbons (Fsp3) is 0.571. The minimum absolute atomic E-state index is 0.0163. The number of aromatic nitrogens is 1. The molecule has 0 aliphatic heterocycles. The third-order valence-corrected chi connectivity index (χ3v) is 3.39. The lowest BCUT2D eigenvalue weighted by atomic mass is 10.1. The zero-order valence-electron chi connectivity index (χ0n) is 11.7. The van der Waals surface area contributed by atoms with Crippen molar-refractivity contribution in [2.24, 2.45) is 11.7 Å². The number of hydrogen-bond donors (Lipinski definition) is 2. The van der Waals surface area contributed by atoms with Gasteiger partial charge in [0, 0.05) is 25.1 Å². The Morgan fingerprint density at radius 1 is 1.45 bits per heavy atom. The Balaban J connectivity index is 1.82. The molecule has 0 radical (unpaired) electrons. The van der Waals surface area contributed by atoms with Gasteiger partial charge in [-0.25, -0.2) is 4.98 Å². The average Bonchev–Trinajstić information content (AvgIpc) is 2.88. The highest BCUT2D eigenvalue weighted by molar-refractivity contribution is 5.92. The molecule has 1 saturated carbocycles. The van der Waals surface area contributed by atoms with Gasteiger partial charge in [-0.1, -0.05) is 0 Å². The summed E-state index contributed by atoms with van der Waals surface area (Å²) in [5.41, 5.74) is 6.49. The summed E-state index contributed by atoms with van der Waals surface area (Å²) >= 11 is 0. The average molecular weight is 279 g/mol. The third kappa shape index (κ3) is 4.18. The molecule has 1 fully saturated rings. The Morgan fingerprint density at radius 3 is 2.90 bits per heavy atom. The predicted molar refractivity (Wildman–Crippen MR) is 75.6 cm³/mol. The van der Waals surface area contributed by atoms with Crippen LogP contribution < -0.4 is 15.8 Å². The Bertz CT molecular complexity index is 436. The predicted octanol–water partition coefficient (Wildman–Crippen LogP) is 1.17. The van der Waals surface area contributed by atoms with Gasteiger partial charge in [0.25, 0.3) is 0 Å². The normalized spacial score (nSPS) is 21.7. The van der Waals surface area contributed by atoms with Crippen molar-refractivity contribution in [2.45, 2.75) is 25.3 Å². The van der Waals surface area contributed by atoms with Gasteiger partial charge in [0.2, 0.25) is 11.8 Å². The fourth-order valence-corrected chi connectivity index (χ4v) is 2.27. The topological polar surface area (TPSA) is 86.5 Å². The molecule has 1 aromatic rings. The first-order valence-electron chi connectivity index (χ1n) is 6.83. The molecule has 1 heterocycles. The zero-order chi connectivity index (χ0) is 14.4. The van der Waals surface area contributed by atoms with Crippen LogP contribution in [0.5, 0.6) is 5.88 Å². The van der Waals surface area contributed by atoms with E-state index in [1.165, 1.54) is 0 Å². The van der Waals surface area contributed by atoms with Crippen molar-refractivity contribution in [3.8, 4) is 5.88 Å². The van der Waals surface area contributed by atoms with E-state index in [0.717, 1.165) is 19.3 Å². The van der Waals surface area contributed by atoms with E-state index in [2.05, 4.69) is 10.3 Å². The standard InChI is InChI=1S/C14H21N3O3/c1-19-6-7-20-13-5-4-12(9-16-13)17-14(18)10-2-3-11(15)8-10/h4-5,9-11H,2-3,6-8,15H2,1H3,(H,17,18). The van der Waals surface area contributed by atoms with Crippen molar-refractivity contribution in [3.63, 3.8) is 0 Å². The Morgan fingerprint density at radius 2 is 2.30 bits per heavy atom. The molecule has 2 unspecified atom stereocenters. The highest BCUT2D eigenvalue weighted by Gasteiger charge is 2.27. The molecule has 6 nitrogen and oxygen atoms in total. The van der Waals surface area contributed by atoms with Crippen molar-refractivity contribution in [2.75, 3.05) is 25.6 Å². The van der Waals surface area contributed by atoms with Gasteiger partial charge in [0.15, 0.2) is 0 Å². The number of hydrogen-bond acceptors (Lipinski definition) is 5. The lowest BCUT2D eigenvalue weighted by Gasteiger charge is -2.11. The van der Waals surface area contributed by atoms with Gasteiger partial charge in [0.1, 0.15) is 6.61 Å². The van der Waals surface area contributed by atoms with Crippen molar-refractivity contribution in [1.29, 1.82) is 0 Å². The number of rotatable bonds is 6. The van der Waals surface area contributed by atoms with Crippen molar-refractivity contribution >= 4 is 11.6 Å². The smallest absolute Gasteiger partial charge is 0.227 e. The number of carbonyl (C=O) groups excluding carboxylic acids is 1. The van der Waals surface area contributed by atoms with Crippen LogP contribution in [-0.2, 0) is 9.53 Å². The van der Waals surface area contributed by atoms with E-state index in [1.54, 1.807) is 25.4 Å². The first kappa shape index (κ1) is 14.7. The van der Waals surface area contributed by atoms with E-state index < -0.39 is 0 Å². The highest BCUT2D eigenvalue weighted by Crippen LogP contribution is 2.25. The number of methoxy groups -OCH3 is 1. The molecule has 0 saturated heterocycles. The summed E-state index contributed by atoms with van der Waals surface area (Å²) in [6.45, 7) is 0.970. The first-order chi connectivity index (χ1) is 9.69. The van der Waals surface area contributed by atoms with E-state index in [4.69, 9.17) is 15.2 Å². The SMILES string of the molecule is COCCOc1ccc(NC(=O)C2CCC(N)C2)cn1. The number of nitrogens with one attached hydrogen (secondary N) is 1. The summed E-state index contributed by atoms with van der Waals surface area (Å²) in [6, 6.07) is 3.66. The number of ether oxygens (including phenoxy) is 2. The second-order valence-electron chi connectivity index (χ2n) is 4.99. The molecule has 1 aliphatic carbocycles. The molecule has 3 N–H and O–H groups in total. The molecule has 1 amide bonds. The van der Waals surface area contributed by atoms with Crippen molar-refractivity contribution in [1.82, 2.24) is 4.98 Å². The summed E-state index contributed by atoms with van der Waals surface area (Å²) in [5, 5.41) is 2.86. The molecule has 110 valence electrons. The van der Waals surface area contributed by atoms with Gasteiger partial charge in [0.05, 0.1) is 18.5 Å². The minimum Gasteiger partial charge on any atom is -0.475 e. The van der Waals surface area contributed by atoms with Gasteiger partial charge in [-0.15, -0.1) is 0 Å². The second kappa shape index (κ2) is 7.21. The Labute approximate surface area is 118 Å². The molecule has 0 aromatic carbocycles. The maximum Gasteiger partial charge on any atom is 0.227 e. The molecule has 0 spiro atoms. The molecule has 0 bridgehead atoms. The third-order valence-electron chi connectivity index (χ3n) is 3.39. The molecule has 2 atom stereocenters. The van der Waals surface area contributed by atoms with Crippen LogP contribution in [0, 0.1) is 5.92 Å². The highest BCUT2D eigenvalue weighted by atomic mass is 16.5. The number of amides is 1. The lowest BCUT2D eigenvalue weighted by Crippen LogP contribution is -2.23. The summed E-state index contributed by atoms with van der Waals surface area (Å²) in [7, 11) is 1.62. The summed E-state index contributed by atoms with van der Waals surface area (Å²) in [5.74, 6) is 0.554. The number of nitrogens with two attached hydrogens (primary N) is 1. The molecular weight excluding hydrogens is 258 g/mol. The van der Waals surface area contributed by atoms with E-state index in [9.17, 15) is 4.79 Å². The number of carbonyl (C=O) groups is 1. The molecule has 20 heavy (non-hydrogen) atoms. The maximum absolute atomic E-state index is 12.0. The molecule has 1 aliphatic rings. The van der Waals surface area contributed by atoms with E-state index in [0.29, 0.717) is 24.8 Å². The summed E-state index contributed by atoms with van der Waals surface area (Å²) < 4.78 is 10.2. The zero-order valence-corrected chi connectivity index (χ0v) is 11.7. The van der Waals surface area contributed by atoms with Crippen LogP contribution in [0.1, 0.15) is 19.3 Å². The quantitative estimate of drug-likeness (QED) is 0.763. The molecule has 6 heteroatoms. The summed E-state index contributed by atoms with van der Waals surface area (Å²) in [6.07, 6.45) is 4.13. The van der Waals surface area contributed by atoms with Crippen LogP contribution >= 0.6 is 0 Å². The van der Waals surface area contributed by atoms with Crippen molar-refractivity contribution in [3.05, 3.63) is 18.3 Å². The van der Waals surface area contributed by atoms with E-state index >= 15 is 0 Å². The molecule has 1 aromatic heterocycles. The van der Waals surface area contributed by atoms with Crippen LogP contribution in [0.3, 0.4) is 0 Å². The Kier molecular flexibility index (Phi) is 5.31. The van der Waals surface area contributed by atoms with Gasteiger partial charge >= 0.3 is 0 Å². The van der Waals surface area contributed by atoms with Crippen LogP contribution in [0.4, 0.5) is 5.69 Å². The lowest BCUT2D eigenvalue weighted by molar-refractivity contribution is -0.119. The number of nitrogens with zero attached hydrogens (tertiary/aromatic N) is 1. The first-order valence-corrected chi connectivity index (χ1v) is 6.83. The summed E-state index contributed by atoms with van der Waals surface area (Å²) in [4.78, 5) is 16.1. The van der Waals surface area contributed by atoms with Crippen molar-refractivity contribution < 1.29 is 14.3 Å². The van der Waals surface area contributed by atoms with Gasteiger partial charge in [-0.2, -0.15) is 0 Å².